The van der Waals surface area contributed by atoms with E-state index in [1.807, 2.05) is 6.92 Å². The molecule has 1 heterocycles. The highest BCUT2D eigenvalue weighted by Crippen LogP contribution is 2.15. The van der Waals surface area contributed by atoms with E-state index in [0.29, 0.717) is 12.3 Å². The first kappa shape index (κ1) is 17.6. The third-order valence-electron chi connectivity index (χ3n) is 3.23. The molecule has 2 aromatic rings. The second-order valence-corrected chi connectivity index (χ2v) is 5.14. The van der Waals surface area contributed by atoms with Crippen LogP contribution >= 0.6 is 0 Å². The molecule has 0 fully saturated rings. The van der Waals surface area contributed by atoms with E-state index in [1.165, 1.54) is 10.6 Å². The average molecular weight is 331 g/mol. The fraction of sp³-hybridized carbons (Fsp3) is 0.294. The van der Waals surface area contributed by atoms with Crippen molar-refractivity contribution < 1.29 is 14.6 Å². The van der Waals surface area contributed by atoms with Crippen LogP contribution in [0.25, 0.3) is 0 Å². The van der Waals surface area contributed by atoms with Gasteiger partial charge in [-0.3, -0.25) is 4.79 Å². The first-order valence-electron chi connectivity index (χ1n) is 7.69. The molecule has 0 bridgehead atoms. The van der Waals surface area contributed by atoms with E-state index in [1.54, 1.807) is 42.6 Å². The average Bonchev–Trinajstić information content (AvgIpc) is 2.57. The molecule has 128 valence electrons. The van der Waals surface area contributed by atoms with Crippen molar-refractivity contribution in [2.24, 2.45) is 0 Å². The summed E-state index contributed by atoms with van der Waals surface area (Å²) in [6, 6.07) is 11.3. The third-order valence-corrected chi connectivity index (χ3v) is 3.23. The van der Waals surface area contributed by atoms with E-state index in [0.717, 1.165) is 5.75 Å². The molecule has 1 aromatic carbocycles. The van der Waals surface area contributed by atoms with Gasteiger partial charge in [-0.15, -0.1) is 0 Å². The first-order valence-corrected chi connectivity index (χ1v) is 7.69. The van der Waals surface area contributed by atoms with Crippen molar-refractivity contribution in [3.63, 3.8) is 0 Å². The molecule has 0 aliphatic rings. The highest BCUT2D eigenvalue weighted by Gasteiger charge is 2.08. The molecule has 7 nitrogen and oxygen atoms in total. The quantitative estimate of drug-likeness (QED) is 0.715. The lowest BCUT2D eigenvalue weighted by Gasteiger charge is -2.14. The van der Waals surface area contributed by atoms with Crippen LogP contribution in [0.3, 0.4) is 0 Å². The van der Waals surface area contributed by atoms with E-state index in [2.05, 4.69) is 10.6 Å². The van der Waals surface area contributed by atoms with E-state index in [-0.39, 0.29) is 18.6 Å². The molecule has 0 spiro atoms. The molecule has 0 aliphatic heterocycles. The number of hydrogen-bond acceptors (Lipinski definition) is 4. The molecule has 0 aliphatic carbocycles. The van der Waals surface area contributed by atoms with Crippen molar-refractivity contribution in [2.75, 3.05) is 18.5 Å². The molecule has 2 rings (SSSR count). The van der Waals surface area contributed by atoms with Crippen molar-refractivity contribution in [2.45, 2.75) is 19.6 Å². The van der Waals surface area contributed by atoms with Crippen molar-refractivity contribution >= 4 is 11.7 Å². The predicted molar refractivity (Wildman–Crippen MR) is 91.3 cm³/mol. The minimum atomic E-state index is -0.865. The molecule has 1 aromatic heterocycles. The van der Waals surface area contributed by atoms with Gasteiger partial charge < -0.3 is 25.0 Å². The Morgan fingerprint density at radius 2 is 2.00 bits per heavy atom. The number of aliphatic hydroxyl groups is 1. The second-order valence-electron chi connectivity index (χ2n) is 5.14. The number of hydrogen-bond donors (Lipinski definition) is 3. The predicted octanol–water partition coefficient (Wildman–Crippen LogP) is 1.43. The number of anilines is 1. The number of carbonyl (C=O) groups is 1. The van der Waals surface area contributed by atoms with Crippen molar-refractivity contribution in [3.8, 4) is 5.75 Å². The highest BCUT2D eigenvalue weighted by molar-refractivity contribution is 5.89. The van der Waals surface area contributed by atoms with Crippen LogP contribution in [-0.4, -0.2) is 35.0 Å². The van der Waals surface area contributed by atoms with Gasteiger partial charge in [-0.2, -0.15) is 0 Å². The lowest BCUT2D eigenvalue weighted by molar-refractivity contribution is 0.151. The molecule has 3 N–H and O–H groups in total. The smallest absolute Gasteiger partial charge is 0.319 e. The van der Waals surface area contributed by atoms with Crippen LogP contribution in [0.1, 0.15) is 6.92 Å². The number of nitrogens with one attached hydrogen (secondary N) is 2. The Bertz CT molecular complexity index is 712. The van der Waals surface area contributed by atoms with Crippen molar-refractivity contribution in [1.29, 1.82) is 0 Å². The van der Waals surface area contributed by atoms with Gasteiger partial charge in [0, 0.05) is 24.5 Å². The number of amides is 2. The second kappa shape index (κ2) is 8.73. The maximum atomic E-state index is 11.8. The fourth-order valence-corrected chi connectivity index (χ4v) is 2.09. The Hall–Kier alpha value is -2.80. The number of carbonyl (C=O) groups excluding carboxylic acids is 1. The molecule has 1 atom stereocenters. The molecule has 7 heteroatoms. The van der Waals surface area contributed by atoms with Gasteiger partial charge in [-0.25, -0.2) is 4.79 Å². The van der Waals surface area contributed by atoms with Crippen LogP contribution in [0.2, 0.25) is 0 Å². The Labute approximate surface area is 139 Å². The zero-order valence-corrected chi connectivity index (χ0v) is 13.4. The summed E-state index contributed by atoms with van der Waals surface area (Å²) in [7, 11) is 0. The largest absolute Gasteiger partial charge is 0.494 e. The molecule has 0 saturated carbocycles. The van der Waals surface area contributed by atoms with Crippen LogP contribution in [0.5, 0.6) is 5.75 Å². The molecule has 24 heavy (non-hydrogen) atoms. The van der Waals surface area contributed by atoms with Crippen LogP contribution < -0.4 is 20.9 Å². The molecule has 2 amide bonds. The number of urea groups is 1. The number of aliphatic hydroxyl groups excluding tert-OH is 1. The topological polar surface area (TPSA) is 92.6 Å². The summed E-state index contributed by atoms with van der Waals surface area (Å²) in [5.41, 5.74) is 0.417. The van der Waals surface area contributed by atoms with Gasteiger partial charge in [0.05, 0.1) is 19.3 Å². The highest BCUT2D eigenvalue weighted by atomic mass is 16.5. The van der Waals surface area contributed by atoms with E-state index < -0.39 is 12.1 Å². The van der Waals surface area contributed by atoms with Gasteiger partial charge >= 0.3 is 6.03 Å². The van der Waals surface area contributed by atoms with Crippen LogP contribution in [0.15, 0.2) is 53.5 Å². The Kier molecular flexibility index (Phi) is 6.39. The van der Waals surface area contributed by atoms with E-state index >= 15 is 0 Å². The molecular formula is C17H21N3O4. The van der Waals surface area contributed by atoms with Gasteiger partial charge in [-0.05, 0) is 37.3 Å². The minimum absolute atomic E-state index is 0.0319. The lowest BCUT2D eigenvalue weighted by atomic mass is 10.3. The molecule has 0 saturated heterocycles. The van der Waals surface area contributed by atoms with Gasteiger partial charge in [-0.1, -0.05) is 6.07 Å². The van der Waals surface area contributed by atoms with Crippen LogP contribution in [-0.2, 0) is 6.54 Å². The van der Waals surface area contributed by atoms with E-state index in [9.17, 15) is 14.7 Å². The van der Waals surface area contributed by atoms with Gasteiger partial charge in [0.2, 0.25) is 0 Å². The normalized spacial score (nSPS) is 11.6. The number of benzene rings is 1. The molecule has 1 unspecified atom stereocenters. The van der Waals surface area contributed by atoms with Gasteiger partial charge in [0.25, 0.3) is 5.56 Å². The third kappa shape index (κ3) is 5.44. The Balaban J connectivity index is 1.78. The Morgan fingerprint density at radius 1 is 1.25 bits per heavy atom. The first-order chi connectivity index (χ1) is 11.6. The SMILES string of the molecule is CCOc1ccc(NC(=O)NCC(O)Cn2ccccc2=O)cc1. The zero-order chi connectivity index (χ0) is 17.4. The summed E-state index contributed by atoms with van der Waals surface area (Å²) >= 11 is 0. The summed E-state index contributed by atoms with van der Waals surface area (Å²) in [6.45, 7) is 2.62. The van der Waals surface area contributed by atoms with Crippen molar-refractivity contribution in [3.05, 3.63) is 59.0 Å². The van der Waals surface area contributed by atoms with Gasteiger partial charge in [0.1, 0.15) is 5.75 Å². The summed E-state index contributed by atoms with van der Waals surface area (Å²) in [6.07, 6.45) is 0.724. The summed E-state index contributed by atoms with van der Waals surface area (Å²) < 4.78 is 6.71. The summed E-state index contributed by atoms with van der Waals surface area (Å²) in [5, 5.41) is 15.1. The molecular weight excluding hydrogens is 310 g/mol. The number of aromatic nitrogens is 1. The lowest BCUT2D eigenvalue weighted by Crippen LogP contribution is -2.38. The molecule has 0 radical (unpaired) electrons. The Morgan fingerprint density at radius 3 is 2.67 bits per heavy atom. The monoisotopic (exact) mass is 331 g/mol. The number of ether oxygens (including phenoxy) is 1. The maximum Gasteiger partial charge on any atom is 0.319 e. The summed E-state index contributed by atoms with van der Waals surface area (Å²) in [4.78, 5) is 23.4. The number of rotatable bonds is 7. The van der Waals surface area contributed by atoms with Crippen LogP contribution in [0.4, 0.5) is 10.5 Å². The summed E-state index contributed by atoms with van der Waals surface area (Å²) in [5.74, 6) is 0.729. The zero-order valence-electron chi connectivity index (χ0n) is 13.4. The van der Waals surface area contributed by atoms with Crippen molar-refractivity contribution in [1.82, 2.24) is 9.88 Å². The van der Waals surface area contributed by atoms with E-state index in [4.69, 9.17) is 4.74 Å². The minimum Gasteiger partial charge on any atom is -0.494 e. The maximum absolute atomic E-state index is 11.8. The van der Waals surface area contributed by atoms with Gasteiger partial charge in [0.15, 0.2) is 0 Å². The number of nitrogens with zero attached hydrogens (tertiary/aromatic N) is 1. The van der Waals surface area contributed by atoms with Crippen LogP contribution in [0, 0.1) is 0 Å². The standard InChI is InChI=1S/C17H21N3O4/c1-2-24-15-8-6-13(7-9-15)19-17(23)18-11-14(21)12-20-10-4-3-5-16(20)22/h3-10,14,21H,2,11-12H2,1H3,(H2,18,19,23). The fourth-order valence-electron chi connectivity index (χ4n) is 2.09. The number of pyridine rings is 1.